The van der Waals surface area contributed by atoms with Crippen LogP contribution in [0.25, 0.3) is 0 Å². The molecule has 0 aliphatic rings. The van der Waals surface area contributed by atoms with Crippen molar-refractivity contribution in [3.05, 3.63) is 53.6 Å². The van der Waals surface area contributed by atoms with E-state index < -0.39 is 6.10 Å². The number of aliphatic hydroxyl groups excluding tert-OH is 1. The van der Waals surface area contributed by atoms with Gasteiger partial charge in [0.1, 0.15) is 11.5 Å². The van der Waals surface area contributed by atoms with Gasteiger partial charge in [-0.1, -0.05) is 6.92 Å². The van der Waals surface area contributed by atoms with Crippen LogP contribution in [-0.2, 0) is 9.53 Å². The van der Waals surface area contributed by atoms with Gasteiger partial charge in [0.2, 0.25) is 5.91 Å². The van der Waals surface area contributed by atoms with Gasteiger partial charge in [0.25, 0.3) is 0 Å². The lowest BCUT2D eigenvalue weighted by atomic mass is 10.0. The number of nitrogens with one attached hydrogen (secondary N) is 1. The first-order chi connectivity index (χ1) is 14.0. The topological polar surface area (TPSA) is 94.1 Å². The molecule has 1 unspecified atom stereocenters. The lowest BCUT2D eigenvalue weighted by molar-refractivity contribution is -0.116. The van der Waals surface area contributed by atoms with Gasteiger partial charge in [-0.2, -0.15) is 0 Å². The van der Waals surface area contributed by atoms with Gasteiger partial charge in [-0.05, 0) is 49.2 Å². The van der Waals surface area contributed by atoms with Gasteiger partial charge in [-0.3, -0.25) is 4.79 Å². The monoisotopic (exact) mass is 401 g/mol. The molecule has 156 valence electrons. The summed E-state index contributed by atoms with van der Waals surface area (Å²) < 4.78 is 15.5. The second-order valence-electron chi connectivity index (χ2n) is 6.42. The quantitative estimate of drug-likeness (QED) is 0.589. The van der Waals surface area contributed by atoms with E-state index in [0.29, 0.717) is 34.9 Å². The molecule has 0 saturated carbocycles. The summed E-state index contributed by atoms with van der Waals surface area (Å²) in [5.41, 5.74) is 1.59. The average Bonchev–Trinajstić information content (AvgIpc) is 2.75. The fourth-order valence-corrected chi connectivity index (χ4v) is 2.71. The molecule has 0 aromatic heterocycles. The van der Waals surface area contributed by atoms with Crippen LogP contribution in [0.1, 0.15) is 48.2 Å². The number of ether oxygens (including phenoxy) is 3. The molecule has 7 nitrogen and oxygen atoms in total. The highest BCUT2D eigenvalue weighted by Crippen LogP contribution is 2.31. The largest absolute Gasteiger partial charge is 0.497 e. The lowest BCUT2D eigenvalue weighted by Crippen LogP contribution is -2.13. The Balaban J connectivity index is 1.89. The van der Waals surface area contributed by atoms with Crippen LogP contribution in [0, 0.1) is 0 Å². The summed E-state index contributed by atoms with van der Waals surface area (Å²) in [6, 6.07) is 11.6. The Morgan fingerprint density at radius 1 is 1.07 bits per heavy atom. The minimum Gasteiger partial charge on any atom is -0.497 e. The Bertz CT molecular complexity index is 819. The summed E-state index contributed by atoms with van der Waals surface area (Å²) in [7, 11) is 3.06. The highest BCUT2D eigenvalue weighted by molar-refractivity contribution is 5.93. The number of carbonyl (C=O) groups is 2. The zero-order chi connectivity index (χ0) is 21.2. The first-order valence-electron chi connectivity index (χ1n) is 9.45. The number of methoxy groups -OCH3 is 2. The van der Waals surface area contributed by atoms with Crippen LogP contribution in [0.3, 0.4) is 0 Å². The van der Waals surface area contributed by atoms with Crippen LogP contribution >= 0.6 is 0 Å². The third-order valence-electron chi connectivity index (χ3n) is 4.29. The van der Waals surface area contributed by atoms with Crippen molar-refractivity contribution in [3.63, 3.8) is 0 Å². The number of benzene rings is 2. The minimum atomic E-state index is -0.850. The number of hydrogen-bond acceptors (Lipinski definition) is 6. The van der Waals surface area contributed by atoms with Crippen molar-refractivity contribution in [3.8, 4) is 11.5 Å². The Morgan fingerprint density at radius 3 is 2.41 bits per heavy atom. The van der Waals surface area contributed by atoms with E-state index in [1.807, 2.05) is 6.92 Å². The predicted molar refractivity (Wildman–Crippen MR) is 109 cm³/mol. The van der Waals surface area contributed by atoms with Crippen LogP contribution in [0.4, 0.5) is 5.69 Å². The van der Waals surface area contributed by atoms with Gasteiger partial charge in [0.15, 0.2) is 0 Å². The van der Waals surface area contributed by atoms with E-state index >= 15 is 0 Å². The normalized spacial score (nSPS) is 11.4. The fourth-order valence-electron chi connectivity index (χ4n) is 2.71. The highest BCUT2D eigenvalue weighted by Gasteiger charge is 2.16. The molecule has 2 rings (SSSR count). The maximum Gasteiger partial charge on any atom is 0.338 e. The van der Waals surface area contributed by atoms with Crippen LogP contribution in [0.2, 0.25) is 0 Å². The molecule has 7 heteroatoms. The Kier molecular flexibility index (Phi) is 8.48. The Hall–Kier alpha value is -3.06. The molecule has 0 heterocycles. The minimum absolute atomic E-state index is 0.122. The third-order valence-corrected chi connectivity index (χ3v) is 4.29. The molecular weight excluding hydrogens is 374 g/mol. The molecule has 1 amide bonds. The molecule has 0 saturated heterocycles. The lowest BCUT2D eigenvalue weighted by Gasteiger charge is -2.15. The van der Waals surface area contributed by atoms with Gasteiger partial charge in [-0.25, -0.2) is 4.79 Å². The summed E-state index contributed by atoms with van der Waals surface area (Å²) >= 11 is 0. The van der Waals surface area contributed by atoms with Crippen LogP contribution in [0.15, 0.2) is 42.5 Å². The van der Waals surface area contributed by atoms with E-state index in [9.17, 15) is 14.7 Å². The van der Waals surface area contributed by atoms with Crippen molar-refractivity contribution >= 4 is 17.6 Å². The van der Waals surface area contributed by atoms with E-state index in [1.165, 1.54) is 7.11 Å². The van der Waals surface area contributed by atoms with Crippen LogP contribution < -0.4 is 14.8 Å². The summed E-state index contributed by atoms with van der Waals surface area (Å²) in [4.78, 5) is 24.0. The standard InChI is InChI=1S/C22H27NO6/c1-4-13-29-22(26)15-5-7-16(8-6-15)23-21(25)12-11-19(24)18-10-9-17(27-2)14-20(18)28-3/h5-10,14,19,24H,4,11-13H2,1-3H3,(H,23,25). The molecule has 29 heavy (non-hydrogen) atoms. The summed E-state index contributed by atoms with van der Waals surface area (Å²) in [5.74, 6) is 0.500. The van der Waals surface area contributed by atoms with E-state index in [0.717, 1.165) is 6.42 Å². The van der Waals surface area contributed by atoms with Crippen molar-refractivity contribution in [1.82, 2.24) is 0 Å². The predicted octanol–water partition coefficient (Wildman–Crippen LogP) is 3.72. The van der Waals surface area contributed by atoms with Crippen molar-refractivity contribution < 1.29 is 28.9 Å². The van der Waals surface area contributed by atoms with Gasteiger partial charge in [-0.15, -0.1) is 0 Å². The fraction of sp³-hybridized carbons (Fsp3) is 0.364. The first kappa shape index (κ1) is 22.2. The van der Waals surface area contributed by atoms with Crippen molar-refractivity contribution in [2.75, 3.05) is 26.1 Å². The number of carbonyl (C=O) groups excluding carboxylic acids is 2. The number of hydrogen-bond donors (Lipinski definition) is 2. The molecule has 1 atom stereocenters. The van der Waals surface area contributed by atoms with E-state index in [1.54, 1.807) is 49.6 Å². The molecule has 0 radical (unpaired) electrons. The maximum absolute atomic E-state index is 12.2. The van der Waals surface area contributed by atoms with Crippen LogP contribution in [-0.4, -0.2) is 37.8 Å². The second kappa shape index (κ2) is 11.1. The summed E-state index contributed by atoms with van der Waals surface area (Å²) in [6.45, 7) is 2.30. The molecule has 0 spiro atoms. The molecule has 2 aromatic carbocycles. The number of amides is 1. The summed E-state index contributed by atoms with van der Waals surface area (Å²) in [5, 5.41) is 13.2. The van der Waals surface area contributed by atoms with Gasteiger partial charge >= 0.3 is 5.97 Å². The SMILES string of the molecule is CCCOC(=O)c1ccc(NC(=O)CCC(O)c2ccc(OC)cc2OC)cc1. The van der Waals surface area contributed by atoms with Gasteiger partial charge < -0.3 is 24.6 Å². The smallest absolute Gasteiger partial charge is 0.338 e. The molecule has 2 aromatic rings. The molecule has 0 aliphatic heterocycles. The zero-order valence-electron chi connectivity index (χ0n) is 16.9. The third kappa shape index (κ3) is 6.50. The zero-order valence-corrected chi connectivity index (χ0v) is 16.9. The van der Waals surface area contributed by atoms with Crippen molar-refractivity contribution in [1.29, 1.82) is 0 Å². The van der Waals surface area contributed by atoms with Crippen molar-refractivity contribution in [2.24, 2.45) is 0 Å². The van der Waals surface area contributed by atoms with Crippen LogP contribution in [0.5, 0.6) is 11.5 Å². The molecular formula is C22H27NO6. The van der Waals surface area contributed by atoms with Gasteiger partial charge in [0, 0.05) is 23.7 Å². The van der Waals surface area contributed by atoms with Gasteiger partial charge in [0.05, 0.1) is 32.5 Å². The maximum atomic E-state index is 12.2. The number of esters is 1. The average molecular weight is 401 g/mol. The van der Waals surface area contributed by atoms with E-state index in [4.69, 9.17) is 14.2 Å². The Labute approximate surface area is 170 Å². The number of aliphatic hydroxyl groups is 1. The number of rotatable bonds is 10. The molecule has 2 N–H and O–H groups in total. The number of anilines is 1. The Morgan fingerprint density at radius 2 is 1.79 bits per heavy atom. The van der Waals surface area contributed by atoms with Crippen molar-refractivity contribution in [2.45, 2.75) is 32.3 Å². The van der Waals surface area contributed by atoms with E-state index in [2.05, 4.69) is 5.32 Å². The van der Waals surface area contributed by atoms with E-state index in [-0.39, 0.29) is 24.7 Å². The molecule has 0 bridgehead atoms. The molecule has 0 fully saturated rings. The first-order valence-corrected chi connectivity index (χ1v) is 9.45. The highest BCUT2D eigenvalue weighted by atomic mass is 16.5. The summed E-state index contributed by atoms with van der Waals surface area (Å²) in [6.07, 6.45) is 0.262. The molecule has 0 aliphatic carbocycles. The second-order valence-corrected chi connectivity index (χ2v) is 6.42.